The number of hydroxylamine groups is 1. The van der Waals surface area contributed by atoms with Gasteiger partial charge in [-0.25, -0.2) is 0 Å². The Morgan fingerprint density at radius 1 is 1.15 bits per heavy atom. The average Bonchev–Trinajstić information content (AvgIpc) is 2.44. The number of nitrogens with zero attached hydrogens (tertiary/aromatic N) is 1. The summed E-state index contributed by atoms with van der Waals surface area (Å²) in [5.74, 6) is 1.34. The normalized spacial score (nSPS) is 9.10. The summed E-state index contributed by atoms with van der Waals surface area (Å²) >= 11 is 6.00. The smallest absolute Gasteiger partial charge is 0.534 e. The second kappa shape index (κ2) is 14.6. The van der Waals surface area contributed by atoms with Crippen LogP contribution < -0.4 is 60.9 Å². The van der Waals surface area contributed by atoms with Gasteiger partial charge >= 0.3 is 51.4 Å². The molecule has 1 aromatic rings. The molecular formula is C14H23ClKNO3. The minimum atomic E-state index is 0. The van der Waals surface area contributed by atoms with Crippen LogP contribution in [0.15, 0.2) is 12.1 Å². The van der Waals surface area contributed by atoms with Crippen LogP contribution in [0.1, 0.15) is 25.8 Å². The molecule has 0 aliphatic rings. The number of hydrogen-bond acceptors (Lipinski definition) is 3. The zero-order valence-electron chi connectivity index (χ0n) is 13.3. The number of benzene rings is 1. The molecule has 0 aliphatic heterocycles. The Morgan fingerprint density at radius 3 is 2.35 bits per heavy atom. The summed E-state index contributed by atoms with van der Waals surface area (Å²) in [5, 5.41) is 0.670. The standard InChI is InChI=1S/C12H17ClNO3.C2H6.K/c1-9-7-12(11(15-2)8-10(9)13)17-6-4-5-14-16-3;1-2;/h7-8H,4-6H2,1-3H3;1-2H3;/q-1;;+1. The van der Waals surface area contributed by atoms with Crippen LogP contribution in [-0.2, 0) is 4.84 Å². The average molecular weight is 328 g/mol. The van der Waals surface area contributed by atoms with Crippen molar-refractivity contribution in [2.75, 3.05) is 27.4 Å². The predicted molar refractivity (Wildman–Crippen MR) is 79.4 cm³/mol. The monoisotopic (exact) mass is 327 g/mol. The number of methoxy groups -OCH3 is 1. The summed E-state index contributed by atoms with van der Waals surface area (Å²) in [7, 11) is 3.13. The van der Waals surface area contributed by atoms with E-state index in [1.165, 1.54) is 7.11 Å². The molecule has 0 saturated heterocycles. The molecule has 1 rings (SSSR count). The maximum absolute atomic E-state index is 6.00. The number of ether oxygens (including phenoxy) is 2. The molecule has 0 fully saturated rings. The van der Waals surface area contributed by atoms with Crippen LogP contribution in [0, 0.1) is 6.92 Å². The number of hydrogen-bond donors (Lipinski definition) is 0. The van der Waals surface area contributed by atoms with E-state index in [0.717, 1.165) is 12.0 Å². The van der Waals surface area contributed by atoms with E-state index in [2.05, 4.69) is 10.3 Å². The third-order valence-electron chi connectivity index (χ3n) is 2.23. The van der Waals surface area contributed by atoms with Gasteiger partial charge in [-0.3, -0.25) is 0 Å². The second-order valence-corrected chi connectivity index (χ2v) is 3.90. The minimum absolute atomic E-state index is 0. The molecule has 110 valence electrons. The first-order chi connectivity index (χ1) is 9.19. The molecule has 20 heavy (non-hydrogen) atoms. The Kier molecular flexibility index (Phi) is 16.7. The molecule has 6 heteroatoms. The van der Waals surface area contributed by atoms with Gasteiger partial charge < -0.3 is 19.8 Å². The summed E-state index contributed by atoms with van der Waals surface area (Å²) in [6.45, 7) is 7.10. The second-order valence-electron chi connectivity index (χ2n) is 3.49. The van der Waals surface area contributed by atoms with Crippen molar-refractivity contribution in [2.45, 2.75) is 27.2 Å². The van der Waals surface area contributed by atoms with Gasteiger partial charge in [-0.2, -0.15) is 0 Å². The first kappa shape index (κ1) is 22.9. The summed E-state index contributed by atoms with van der Waals surface area (Å²) in [4.78, 5) is 4.60. The fourth-order valence-electron chi connectivity index (χ4n) is 1.31. The third-order valence-corrected chi connectivity index (χ3v) is 2.63. The van der Waals surface area contributed by atoms with Crippen LogP contribution in [-0.4, -0.2) is 27.4 Å². The van der Waals surface area contributed by atoms with Crippen molar-refractivity contribution in [2.24, 2.45) is 0 Å². The fourth-order valence-corrected chi connectivity index (χ4v) is 1.47. The van der Waals surface area contributed by atoms with Gasteiger partial charge in [-0.1, -0.05) is 25.4 Å². The largest absolute Gasteiger partial charge is 1.00 e. The molecule has 0 atom stereocenters. The quantitative estimate of drug-likeness (QED) is 0.432. The van der Waals surface area contributed by atoms with Crippen LogP contribution in [0.3, 0.4) is 0 Å². The molecule has 0 N–H and O–H groups in total. The van der Waals surface area contributed by atoms with Crippen LogP contribution >= 0.6 is 11.6 Å². The first-order valence-corrected chi connectivity index (χ1v) is 6.73. The molecule has 0 bridgehead atoms. The van der Waals surface area contributed by atoms with Gasteiger partial charge in [0, 0.05) is 18.2 Å². The van der Waals surface area contributed by atoms with Crippen molar-refractivity contribution in [3.8, 4) is 11.5 Å². The number of aryl methyl sites for hydroxylation is 1. The molecular weight excluding hydrogens is 305 g/mol. The molecule has 1 aromatic carbocycles. The van der Waals surface area contributed by atoms with E-state index in [4.69, 9.17) is 21.1 Å². The summed E-state index contributed by atoms with van der Waals surface area (Å²) in [6.07, 6.45) is 0.790. The molecule has 0 aliphatic carbocycles. The maximum atomic E-state index is 6.00. The summed E-state index contributed by atoms with van der Waals surface area (Å²) < 4.78 is 10.8. The number of rotatable bonds is 7. The Labute approximate surface area is 169 Å². The fraction of sp³-hybridized carbons (Fsp3) is 0.571. The van der Waals surface area contributed by atoms with Crippen LogP contribution in [0.2, 0.25) is 5.02 Å². The summed E-state index contributed by atoms with van der Waals surface area (Å²) in [6, 6.07) is 3.63. The van der Waals surface area contributed by atoms with E-state index >= 15 is 0 Å². The van der Waals surface area contributed by atoms with Crippen molar-refractivity contribution >= 4 is 11.6 Å². The number of halogens is 1. The van der Waals surface area contributed by atoms with Crippen molar-refractivity contribution in [1.29, 1.82) is 0 Å². The van der Waals surface area contributed by atoms with Crippen molar-refractivity contribution < 1.29 is 65.7 Å². The molecule has 0 heterocycles. The van der Waals surface area contributed by atoms with Gasteiger partial charge in [0.05, 0.1) is 13.7 Å². The van der Waals surface area contributed by atoms with E-state index in [9.17, 15) is 0 Å². The van der Waals surface area contributed by atoms with Crippen LogP contribution in [0.4, 0.5) is 0 Å². The maximum Gasteiger partial charge on any atom is 1.00 e. The zero-order chi connectivity index (χ0) is 14.7. The van der Waals surface area contributed by atoms with Gasteiger partial charge in [0.25, 0.3) is 0 Å². The van der Waals surface area contributed by atoms with Crippen molar-refractivity contribution in [3.63, 3.8) is 0 Å². The van der Waals surface area contributed by atoms with E-state index in [1.807, 2.05) is 26.8 Å². The Bertz CT molecular complexity index is 365. The molecule has 0 unspecified atom stereocenters. The van der Waals surface area contributed by atoms with Crippen LogP contribution in [0.5, 0.6) is 11.5 Å². The molecule has 4 nitrogen and oxygen atoms in total. The Hall–Kier alpha value is 0.666. The van der Waals surface area contributed by atoms with Gasteiger partial charge in [0.15, 0.2) is 11.5 Å². The molecule has 0 spiro atoms. The topological polar surface area (TPSA) is 41.8 Å². The first-order valence-electron chi connectivity index (χ1n) is 6.36. The van der Waals surface area contributed by atoms with E-state index in [0.29, 0.717) is 29.7 Å². The van der Waals surface area contributed by atoms with E-state index in [1.54, 1.807) is 13.2 Å². The van der Waals surface area contributed by atoms with Crippen molar-refractivity contribution in [3.05, 3.63) is 28.2 Å². The third kappa shape index (κ3) is 8.84. The van der Waals surface area contributed by atoms with Crippen molar-refractivity contribution in [1.82, 2.24) is 0 Å². The molecule has 0 radical (unpaired) electrons. The van der Waals surface area contributed by atoms with Gasteiger partial charge in [0.1, 0.15) is 0 Å². The molecule has 0 saturated carbocycles. The van der Waals surface area contributed by atoms with E-state index < -0.39 is 0 Å². The minimum Gasteiger partial charge on any atom is -0.534 e. The summed E-state index contributed by atoms with van der Waals surface area (Å²) in [5.41, 5.74) is 4.71. The van der Waals surface area contributed by atoms with Crippen LogP contribution in [0.25, 0.3) is 5.48 Å². The Morgan fingerprint density at radius 2 is 1.80 bits per heavy atom. The van der Waals surface area contributed by atoms with Gasteiger partial charge in [-0.15, -0.1) is 6.54 Å². The van der Waals surface area contributed by atoms with Gasteiger partial charge in [-0.05, 0) is 25.0 Å². The van der Waals surface area contributed by atoms with E-state index in [-0.39, 0.29) is 51.4 Å². The molecule has 0 aromatic heterocycles. The predicted octanol–water partition coefficient (Wildman–Crippen LogP) is 1.39. The Balaban J connectivity index is 0. The van der Waals surface area contributed by atoms with Gasteiger partial charge in [0.2, 0.25) is 0 Å². The zero-order valence-corrected chi connectivity index (χ0v) is 17.2. The molecule has 0 amide bonds. The SMILES string of the molecule is CC.CO[N-]CCCOc1cc(C)c(Cl)cc1OC.[K+].